The average Bonchev–Trinajstić information content (AvgIpc) is 2.45. The van der Waals surface area contributed by atoms with Gasteiger partial charge in [0.25, 0.3) is 0 Å². The van der Waals surface area contributed by atoms with E-state index in [2.05, 4.69) is 16.7 Å². The Balaban J connectivity index is 1.65. The van der Waals surface area contributed by atoms with Gasteiger partial charge in [0.2, 0.25) is 0 Å². The van der Waals surface area contributed by atoms with Gasteiger partial charge in [0.05, 0.1) is 6.61 Å². The molecule has 3 nitrogen and oxygen atoms in total. The predicted molar refractivity (Wildman–Crippen MR) is 78.2 cm³/mol. The summed E-state index contributed by atoms with van der Waals surface area (Å²) in [6.45, 7) is 4.97. The molecule has 18 heavy (non-hydrogen) atoms. The van der Waals surface area contributed by atoms with Gasteiger partial charge in [-0.1, -0.05) is 12.1 Å². The molecule has 0 spiro atoms. The van der Waals surface area contributed by atoms with Gasteiger partial charge in [-0.3, -0.25) is 0 Å². The summed E-state index contributed by atoms with van der Waals surface area (Å²) < 4.78 is 5.75. The van der Waals surface area contributed by atoms with Crippen molar-refractivity contribution < 1.29 is 4.74 Å². The Bertz CT molecular complexity index is 353. The van der Waals surface area contributed by atoms with Crippen LogP contribution in [0.5, 0.6) is 5.75 Å². The van der Waals surface area contributed by atoms with Crippen LogP contribution in [-0.2, 0) is 6.54 Å². The van der Waals surface area contributed by atoms with Crippen LogP contribution in [0.1, 0.15) is 12.0 Å². The Labute approximate surface area is 114 Å². The SMILES string of the molecule is NCc1cccc(OCCCN2CCSCC2)c1. The molecule has 2 N–H and O–H groups in total. The van der Waals surface area contributed by atoms with E-state index in [0.29, 0.717) is 6.54 Å². The normalized spacial score (nSPS) is 16.7. The standard InChI is InChI=1S/C14H22N2OS/c15-12-13-3-1-4-14(11-13)17-8-2-5-16-6-9-18-10-7-16/h1,3-4,11H,2,5-10,12,15H2. The first-order chi connectivity index (χ1) is 8.88. The molecule has 1 saturated heterocycles. The van der Waals surface area contributed by atoms with Crippen LogP contribution in [0.25, 0.3) is 0 Å². The lowest BCUT2D eigenvalue weighted by Gasteiger charge is -2.25. The highest BCUT2D eigenvalue weighted by Gasteiger charge is 2.09. The molecule has 4 heteroatoms. The number of hydrogen-bond donors (Lipinski definition) is 1. The molecule has 0 saturated carbocycles. The second-order valence-electron chi connectivity index (χ2n) is 4.51. The van der Waals surface area contributed by atoms with E-state index in [-0.39, 0.29) is 0 Å². The monoisotopic (exact) mass is 266 g/mol. The molecule has 1 fully saturated rings. The van der Waals surface area contributed by atoms with E-state index in [4.69, 9.17) is 10.5 Å². The lowest BCUT2D eigenvalue weighted by Crippen LogP contribution is -2.33. The summed E-state index contributed by atoms with van der Waals surface area (Å²) in [4.78, 5) is 2.52. The summed E-state index contributed by atoms with van der Waals surface area (Å²) in [5.41, 5.74) is 6.73. The summed E-state index contributed by atoms with van der Waals surface area (Å²) in [5, 5.41) is 0. The van der Waals surface area contributed by atoms with Gasteiger partial charge in [0.1, 0.15) is 5.75 Å². The van der Waals surface area contributed by atoms with Crippen LogP contribution in [0, 0.1) is 0 Å². The number of ether oxygens (including phenoxy) is 1. The van der Waals surface area contributed by atoms with Gasteiger partial charge in [0, 0.05) is 37.7 Å². The van der Waals surface area contributed by atoms with Crippen LogP contribution in [-0.4, -0.2) is 42.6 Å². The molecule has 1 aromatic carbocycles. The quantitative estimate of drug-likeness (QED) is 0.799. The number of nitrogens with zero attached hydrogens (tertiary/aromatic N) is 1. The van der Waals surface area contributed by atoms with Crippen LogP contribution < -0.4 is 10.5 Å². The zero-order chi connectivity index (χ0) is 12.6. The number of nitrogens with two attached hydrogens (primary N) is 1. The van der Waals surface area contributed by atoms with Crippen molar-refractivity contribution in [3.8, 4) is 5.75 Å². The van der Waals surface area contributed by atoms with Crippen LogP contribution in [0.15, 0.2) is 24.3 Å². The van der Waals surface area contributed by atoms with Crippen molar-refractivity contribution in [2.24, 2.45) is 5.73 Å². The van der Waals surface area contributed by atoms with Crippen LogP contribution in [0.3, 0.4) is 0 Å². The minimum absolute atomic E-state index is 0.572. The molecule has 1 aromatic rings. The maximum absolute atomic E-state index is 5.75. The van der Waals surface area contributed by atoms with Gasteiger partial charge in [0.15, 0.2) is 0 Å². The number of benzene rings is 1. The van der Waals surface area contributed by atoms with Gasteiger partial charge in [-0.2, -0.15) is 11.8 Å². The molecule has 2 rings (SSSR count). The van der Waals surface area contributed by atoms with Crippen molar-refractivity contribution >= 4 is 11.8 Å². The number of rotatable bonds is 6. The second-order valence-corrected chi connectivity index (χ2v) is 5.73. The smallest absolute Gasteiger partial charge is 0.119 e. The van der Waals surface area contributed by atoms with E-state index in [1.807, 2.05) is 24.3 Å². The summed E-state index contributed by atoms with van der Waals surface area (Å²) in [7, 11) is 0. The minimum atomic E-state index is 0.572. The molecule has 0 aromatic heterocycles. The summed E-state index contributed by atoms with van der Waals surface area (Å²) in [5.74, 6) is 3.49. The summed E-state index contributed by atoms with van der Waals surface area (Å²) in [6, 6.07) is 8.05. The Morgan fingerprint density at radius 1 is 1.28 bits per heavy atom. The van der Waals surface area contributed by atoms with Crippen molar-refractivity contribution in [1.29, 1.82) is 0 Å². The first-order valence-corrected chi connectivity index (χ1v) is 7.76. The van der Waals surface area contributed by atoms with E-state index < -0.39 is 0 Å². The van der Waals surface area contributed by atoms with Crippen molar-refractivity contribution in [2.45, 2.75) is 13.0 Å². The van der Waals surface area contributed by atoms with Crippen LogP contribution >= 0.6 is 11.8 Å². The minimum Gasteiger partial charge on any atom is -0.494 e. The van der Waals surface area contributed by atoms with Gasteiger partial charge in [-0.25, -0.2) is 0 Å². The fourth-order valence-electron chi connectivity index (χ4n) is 2.07. The third-order valence-corrected chi connectivity index (χ3v) is 4.07. The molecule has 0 amide bonds. The van der Waals surface area contributed by atoms with E-state index in [0.717, 1.165) is 30.9 Å². The maximum atomic E-state index is 5.75. The first kappa shape index (κ1) is 13.7. The molecular formula is C14H22N2OS. The average molecular weight is 266 g/mol. The first-order valence-electron chi connectivity index (χ1n) is 6.60. The van der Waals surface area contributed by atoms with Crippen molar-refractivity contribution in [2.75, 3.05) is 37.7 Å². The molecule has 0 aliphatic carbocycles. The zero-order valence-electron chi connectivity index (χ0n) is 10.8. The molecule has 1 heterocycles. The fraction of sp³-hybridized carbons (Fsp3) is 0.571. The van der Waals surface area contributed by atoms with E-state index >= 15 is 0 Å². The molecule has 0 unspecified atom stereocenters. The van der Waals surface area contributed by atoms with Crippen molar-refractivity contribution in [1.82, 2.24) is 4.90 Å². The van der Waals surface area contributed by atoms with Gasteiger partial charge in [-0.05, 0) is 24.1 Å². The van der Waals surface area contributed by atoms with Crippen LogP contribution in [0.2, 0.25) is 0 Å². The van der Waals surface area contributed by atoms with E-state index in [9.17, 15) is 0 Å². The molecule has 0 radical (unpaired) electrons. The Kier molecular flexibility index (Phi) is 5.84. The van der Waals surface area contributed by atoms with E-state index in [1.54, 1.807) is 0 Å². The molecule has 0 atom stereocenters. The highest BCUT2D eigenvalue weighted by atomic mass is 32.2. The predicted octanol–water partition coefficient (Wildman–Crippen LogP) is 1.96. The zero-order valence-corrected chi connectivity index (χ0v) is 11.6. The Morgan fingerprint density at radius 3 is 2.89 bits per heavy atom. The lowest BCUT2D eigenvalue weighted by atomic mass is 10.2. The fourth-order valence-corrected chi connectivity index (χ4v) is 3.04. The number of hydrogen-bond acceptors (Lipinski definition) is 4. The highest BCUT2D eigenvalue weighted by Crippen LogP contribution is 2.13. The molecule has 0 bridgehead atoms. The Morgan fingerprint density at radius 2 is 2.11 bits per heavy atom. The third-order valence-electron chi connectivity index (χ3n) is 3.13. The van der Waals surface area contributed by atoms with Crippen molar-refractivity contribution in [3.63, 3.8) is 0 Å². The molecule has 1 aliphatic heterocycles. The van der Waals surface area contributed by atoms with E-state index in [1.165, 1.54) is 24.6 Å². The number of thioether (sulfide) groups is 1. The Hall–Kier alpha value is -0.710. The van der Waals surface area contributed by atoms with Gasteiger partial charge >= 0.3 is 0 Å². The lowest BCUT2D eigenvalue weighted by molar-refractivity contribution is 0.248. The molecule has 1 aliphatic rings. The third kappa shape index (κ3) is 4.52. The summed E-state index contributed by atoms with van der Waals surface area (Å²) >= 11 is 2.05. The second kappa shape index (κ2) is 7.67. The van der Waals surface area contributed by atoms with Gasteiger partial charge in [-0.15, -0.1) is 0 Å². The molecule has 100 valence electrons. The summed E-state index contributed by atoms with van der Waals surface area (Å²) in [6.07, 6.45) is 1.09. The topological polar surface area (TPSA) is 38.5 Å². The van der Waals surface area contributed by atoms with Crippen LogP contribution in [0.4, 0.5) is 0 Å². The largest absolute Gasteiger partial charge is 0.494 e. The van der Waals surface area contributed by atoms with Crippen molar-refractivity contribution in [3.05, 3.63) is 29.8 Å². The highest BCUT2D eigenvalue weighted by molar-refractivity contribution is 7.99. The maximum Gasteiger partial charge on any atom is 0.119 e. The van der Waals surface area contributed by atoms with Gasteiger partial charge < -0.3 is 15.4 Å². The molecular weight excluding hydrogens is 244 g/mol.